The molecule has 0 bridgehead atoms. The molecule has 1 amide bonds. The lowest BCUT2D eigenvalue weighted by atomic mass is 10.1. The zero-order valence-corrected chi connectivity index (χ0v) is 13.5. The summed E-state index contributed by atoms with van der Waals surface area (Å²) in [6, 6.07) is 4.40. The molecule has 7 nitrogen and oxygen atoms in total. The average Bonchev–Trinajstić information content (AvgIpc) is 2.86. The van der Waals surface area contributed by atoms with Crippen LogP contribution in [0.1, 0.15) is 24.8 Å². The summed E-state index contributed by atoms with van der Waals surface area (Å²) >= 11 is 0. The fourth-order valence-corrected chi connectivity index (χ4v) is 2.99. The Balaban J connectivity index is 1.91. The molecule has 0 radical (unpaired) electrons. The third-order valence-corrected chi connectivity index (χ3v) is 4.28. The predicted octanol–water partition coefficient (Wildman–Crippen LogP) is 1.93. The van der Waals surface area contributed by atoms with Crippen molar-refractivity contribution in [1.29, 1.82) is 0 Å². The summed E-state index contributed by atoms with van der Waals surface area (Å²) in [6.07, 6.45) is 2.56. The maximum absolute atomic E-state index is 12.1. The van der Waals surface area contributed by atoms with Crippen LogP contribution in [0.5, 0.6) is 0 Å². The molecule has 0 spiro atoms. The van der Waals surface area contributed by atoms with Gasteiger partial charge in [0.05, 0.1) is 23.3 Å². The summed E-state index contributed by atoms with van der Waals surface area (Å²) in [5.41, 5.74) is 1.18. The highest BCUT2D eigenvalue weighted by atomic mass is 16.6. The normalized spacial score (nSPS) is 20.7. The van der Waals surface area contributed by atoms with Crippen LogP contribution in [0.2, 0.25) is 0 Å². The largest absolute Gasteiger partial charge is 0.393 e. The summed E-state index contributed by atoms with van der Waals surface area (Å²) in [7, 11) is 1.84. The van der Waals surface area contributed by atoms with Crippen LogP contribution in [0, 0.1) is 23.0 Å². The zero-order valence-electron chi connectivity index (χ0n) is 13.5. The van der Waals surface area contributed by atoms with Gasteiger partial charge in [0.15, 0.2) is 0 Å². The Morgan fingerprint density at radius 1 is 1.48 bits per heavy atom. The number of nitro groups is 1. The summed E-state index contributed by atoms with van der Waals surface area (Å²) in [6.45, 7) is 2.64. The first-order valence-corrected chi connectivity index (χ1v) is 7.78. The fraction of sp³-hybridized carbons (Fsp3) is 0.562. The minimum absolute atomic E-state index is 0.0478. The molecule has 1 fully saturated rings. The van der Waals surface area contributed by atoms with E-state index < -0.39 is 4.92 Å². The Kier molecular flexibility index (Phi) is 5.68. The number of amides is 1. The first kappa shape index (κ1) is 17.4. The van der Waals surface area contributed by atoms with Crippen LogP contribution in [0.3, 0.4) is 0 Å². The van der Waals surface area contributed by atoms with Crippen molar-refractivity contribution in [2.45, 2.75) is 32.3 Å². The second-order valence-corrected chi connectivity index (χ2v) is 6.26. The number of likely N-dealkylation sites (N-methyl/N-ethyl adjacent to an activating group) is 1. The standard InChI is InChI=1S/C16H23N3O4/c1-11-6-7-13(19(22)23)8-14(11)17-16(21)10-18(2)9-12-4-3-5-15(12)20/h6-8,12,15,20H,3-5,9-10H2,1-2H3,(H,17,21). The monoisotopic (exact) mass is 321 g/mol. The van der Waals surface area contributed by atoms with Crippen LogP contribution in [0.25, 0.3) is 0 Å². The van der Waals surface area contributed by atoms with Gasteiger partial charge in [0.25, 0.3) is 5.69 Å². The number of nitrogens with zero attached hydrogens (tertiary/aromatic N) is 2. The first-order chi connectivity index (χ1) is 10.9. The van der Waals surface area contributed by atoms with E-state index in [9.17, 15) is 20.0 Å². The molecule has 126 valence electrons. The molecule has 0 saturated heterocycles. The van der Waals surface area contributed by atoms with Crippen LogP contribution in [0.4, 0.5) is 11.4 Å². The number of aryl methyl sites for hydroxylation is 1. The van der Waals surface area contributed by atoms with Crippen LogP contribution in [-0.2, 0) is 4.79 Å². The average molecular weight is 321 g/mol. The van der Waals surface area contributed by atoms with Gasteiger partial charge in [-0.3, -0.25) is 19.8 Å². The number of anilines is 1. The van der Waals surface area contributed by atoms with Crippen molar-refractivity contribution in [1.82, 2.24) is 4.90 Å². The summed E-state index contributed by atoms with van der Waals surface area (Å²) in [5, 5.41) is 23.4. The van der Waals surface area contributed by atoms with Crippen molar-refractivity contribution in [3.8, 4) is 0 Å². The molecule has 2 atom stereocenters. The minimum atomic E-state index is -0.483. The number of hydrogen-bond donors (Lipinski definition) is 2. The number of rotatable bonds is 6. The fourth-order valence-electron chi connectivity index (χ4n) is 2.99. The molecule has 1 aliphatic carbocycles. The topological polar surface area (TPSA) is 95.7 Å². The van der Waals surface area contributed by atoms with Gasteiger partial charge in [0.1, 0.15) is 0 Å². The van der Waals surface area contributed by atoms with Gasteiger partial charge in [-0.25, -0.2) is 0 Å². The molecule has 2 unspecified atom stereocenters. The van der Waals surface area contributed by atoms with Gasteiger partial charge < -0.3 is 10.4 Å². The van der Waals surface area contributed by atoms with Gasteiger partial charge in [0, 0.05) is 18.7 Å². The summed E-state index contributed by atoms with van der Waals surface area (Å²) < 4.78 is 0. The molecule has 1 aromatic rings. The molecule has 0 aromatic heterocycles. The van der Waals surface area contributed by atoms with Crippen LogP contribution in [0.15, 0.2) is 18.2 Å². The van der Waals surface area contributed by atoms with Crippen molar-refractivity contribution < 1.29 is 14.8 Å². The van der Waals surface area contributed by atoms with Crippen molar-refractivity contribution in [3.05, 3.63) is 33.9 Å². The van der Waals surface area contributed by atoms with E-state index in [1.54, 1.807) is 13.0 Å². The highest BCUT2D eigenvalue weighted by molar-refractivity contribution is 5.93. The van der Waals surface area contributed by atoms with Gasteiger partial charge in [-0.15, -0.1) is 0 Å². The molecule has 1 saturated carbocycles. The molecule has 7 heteroatoms. The Morgan fingerprint density at radius 2 is 2.22 bits per heavy atom. The summed E-state index contributed by atoms with van der Waals surface area (Å²) in [5.74, 6) is -0.00377. The van der Waals surface area contributed by atoms with E-state index in [4.69, 9.17) is 0 Å². The van der Waals surface area contributed by atoms with Crippen molar-refractivity contribution in [2.24, 2.45) is 5.92 Å². The second-order valence-electron chi connectivity index (χ2n) is 6.26. The Bertz CT molecular complexity index is 591. The van der Waals surface area contributed by atoms with E-state index >= 15 is 0 Å². The lowest BCUT2D eigenvalue weighted by Crippen LogP contribution is -2.35. The number of carbonyl (C=O) groups is 1. The molecule has 1 aromatic carbocycles. The Hall–Kier alpha value is -1.99. The van der Waals surface area contributed by atoms with Crippen molar-refractivity contribution >= 4 is 17.3 Å². The first-order valence-electron chi connectivity index (χ1n) is 7.78. The highest BCUT2D eigenvalue weighted by Crippen LogP contribution is 2.26. The van der Waals surface area contributed by atoms with Gasteiger partial charge in [-0.2, -0.15) is 0 Å². The van der Waals surface area contributed by atoms with Crippen molar-refractivity contribution in [2.75, 3.05) is 25.5 Å². The number of nitro benzene ring substituents is 1. The van der Waals surface area contributed by atoms with Crippen LogP contribution >= 0.6 is 0 Å². The molecule has 2 rings (SSSR count). The molecular weight excluding hydrogens is 298 g/mol. The Morgan fingerprint density at radius 3 is 2.83 bits per heavy atom. The molecule has 23 heavy (non-hydrogen) atoms. The van der Waals surface area contributed by atoms with E-state index in [1.165, 1.54) is 12.1 Å². The van der Waals surface area contributed by atoms with Gasteiger partial charge in [-0.05, 0) is 38.3 Å². The van der Waals surface area contributed by atoms with E-state index in [-0.39, 0.29) is 30.2 Å². The maximum atomic E-state index is 12.1. The third kappa shape index (κ3) is 4.74. The number of benzene rings is 1. The van der Waals surface area contributed by atoms with E-state index in [2.05, 4.69) is 5.32 Å². The van der Waals surface area contributed by atoms with E-state index in [0.717, 1.165) is 24.8 Å². The Labute approximate surface area is 135 Å². The number of nitrogens with one attached hydrogen (secondary N) is 1. The zero-order chi connectivity index (χ0) is 17.0. The number of non-ortho nitro benzene ring substituents is 1. The van der Waals surface area contributed by atoms with Crippen LogP contribution in [-0.4, -0.2) is 47.1 Å². The number of aliphatic hydroxyl groups excluding tert-OH is 1. The molecule has 0 aliphatic heterocycles. The number of carbonyl (C=O) groups excluding carboxylic acids is 1. The SMILES string of the molecule is Cc1ccc([N+](=O)[O-])cc1NC(=O)CN(C)CC1CCCC1O. The maximum Gasteiger partial charge on any atom is 0.271 e. The third-order valence-electron chi connectivity index (χ3n) is 4.28. The second kappa shape index (κ2) is 7.52. The quantitative estimate of drug-likeness (QED) is 0.616. The molecule has 1 aliphatic rings. The van der Waals surface area contributed by atoms with E-state index in [1.807, 2.05) is 11.9 Å². The lowest BCUT2D eigenvalue weighted by Gasteiger charge is -2.22. The molecule has 2 N–H and O–H groups in total. The minimum Gasteiger partial charge on any atom is -0.393 e. The molecular formula is C16H23N3O4. The summed E-state index contributed by atoms with van der Waals surface area (Å²) in [4.78, 5) is 24.3. The smallest absolute Gasteiger partial charge is 0.271 e. The van der Waals surface area contributed by atoms with E-state index in [0.29, 0.717) is 12.2 Å². The number of hydrogen-bond acceptors (Lipinski definition) is 5. The van der Waals surface area contributed by atoms with Crippen molar-refractivity contribution in [3.63, 3.8) is 0 Å². The van der Waals surface area contributed by atoms with Gasteiger partial charge in [-0.1, -0.05) is 12.5 Å². The number of aliphatic hydroxyl groups is 1. The molecule has 0 heterocycles. The van der Waals surface area contributed by atoms with Gasteiger partial charge in [0.2, 0.25) is 5.91 Å². The highest BCUT2D eigenvalue weighted by Gasteiger charge is 2.26. The van der Waals surface area contributed by atoms with Gasteiger partial charge >= 0.3 is 0 Å². The predicted molar refractivity (Wildman–Crippen MR) is 87.3 cm³/mol. The lowest BCUT2D eigenvalue weighted by molar-refractivity contribution is -0.384. The van der Waals surface area contributed by atoms with Crippen LogP contribution < -0.4 is 5.32 Å².